The van der Waals surface area contributed by atoms with Crippen LogP contribution in [-0.2, 0) is 0 Å². The fourth-order valence-electron chi connectivity index (χ4n) is 1.88. The molecule has 0 spiro atoms. The van der Waals surface area contributed by atoms with E-state index in [-0.39, 0.29) is 16.7 Å². The first-order valence-corrected chi connectivity index (χ1v) is 5.60. The number of carbonyl (C=O) groups is 1. The van der Waals surface area contributed by atoms with Gasteiger partial charge in [-0.25, -0.2) is 8.78 Å². The Bertz CT molecular complexity index is 696. The van der Waals surface area contributed by atoms with Gasteiger partial charge in [0.25, 0.3) is 0 Å². The van der Waals surface area contributed by atoms with E-state index in [1.54, 1.807) is 6.07 Å². The van der Waals surface area contributed by atoms with Crippen LogP contribution >= 0.6 is 0 Å². The first-order chi connectivity index (χ1) is 9.04. The second-order valence-corrected chi connectivity index (χ2v) is 4.06. The fourth-order valence-corrected chi connectivity index (χ4v) is 1.88. The van der Waals surface area contributed by atoms with Gasteiger partial charge in [0, 0.05) is 16.7 Å². The van der Waals surface area contributed by atoms with Gasteiger partial charge in [0.2, 0.25) is 0 Å². The van der Waals surface area contributed by atoms with Crippen molar-refractivity contribution in [1.82, 2.24) is 0 Å². The Hall–Kier alpha value is -2.47. The second kappa shape index (κ2) is 5.03. The summed E-state index contributed by atoms with van der Waals surface area (Å²) in [6.07, 6.45) is 5.32. The molecule has 0 bridgehead atoms. The zero-order chi connectivity index (χ0) is 14.0. The van der Waals surface area contributed by atoms with E-state index in [4.69, 9.17) is 6.42 Å². The van der Waals surface area contributed by atoms with Crippen molar-refractivity contribution in [3.63, 3.8) is 0 Å². The third-order valence-corrected chi connectivity index (χ3v) is 2.81. The molecule has 0 heterocycles. The van der Waals surface area contributed by atoms with E-state index >= 15 is 0 Å². The summed E-state index contributed by atoms with van der Waals surface area (Å²) in [7, 11) is 0. The summed E-state index contributed by atoms with van der Waals surface area (Å²) < 4.78 is 27.5. The number of ketones is 1. The van der Waals surface area contributed by atoms with Crippen LogP contribution in [0, 0.1) is 24.0 Å². The Balaban J connectivity index is 2.73. The van der Waals surface area contributed by atoms with Crippen molar-refractivity contribution in [1.29, 1.82) is 0 Å². The van der Waals surface area contributed by atoms with Crippen LogP contribution in [0.4, 0.5) is 8.78 Å². The van der Waals surface area contributed by atoms with Gasteiger partial charge in [-0.1, -0.05) is 18.1 Å². The second-order valence-electron chi connectivity index (χ2n) is 4.06. The lowest BCUT2D eigenvalue weighted by Gasteiger charge is -2.09. The summed E-state index contributed by atoms with van der Waals surface area (Å²) >= 11 is 0. The van der Waals surface area contributed by atoms with Crippen molar-refractivity contribution in [3.05, 3.63) is 59.2 Å². The maximum atomic E-state index is 14.2. The van der Waals surface area contributed by atoms with Crippen molar-refractivity contribution in [2.75, 3.05) is 0 Å². The third kappa shape index (κ3) is 2.38. The molecular weight excluding hydrogens is 246 g/mol. The van der Waals surface area contributed by atoms with Gasteiger partial charge < -0.3 is 0 Å². The van der Waals surface area contributed by atoms with E-state index in [9.17, 15) is 13.6 Å². The van der Waals surface area contributed by atoms with Gasteiger partial charge in [-0.3, -0.25) is 4.79 Å². The first kappa shape index (κ1) is 13.0. The molecule has 0 aliphatic heterocycles. The van der Waals surface area contributed by atoms with Gasteiger partial charge in [0.15, 0.2) is 5.78 Å². The highest BCUT2D eigenvalue weighted by Gasteiger charge is 2.15. The topological polar surface area (TPSA) is 17.1 Å². The van der Waals surface area contributed by atoms with Crippen LogP contribution in [-0.4, -0.2) is 5.78 Å². The number of hydrogen-bond acceptors (Lipinski definition) is 1. The number of Topliss-reactive ketones (excluding diaryl/α,β-unsaturated/α-hetero) is 1. The highest BCUT2D eigenvalue weighted by molar-refractivity contribution is 5.96. The number of hydrogen-bond donors (Lipinski definition) is 0. The van der Waals surface area contributed by atoms with E-state index in [1.807, 2.05) is 0 Å². The monoisotopic (exact) mass is 256 g/mol. The van der Waals surface area contributed by atoms with E-state index in [0.29, 0.717) is 5.56 Å². The summed E-state index contributed by atoms with van der Waals surface area (Å²) in [5, 5.41) is 0. The summed E-state index contributed by atoms with van der Waals surface area (Å²) in [6.45, 7) is 1.27. The Kier molecular flexibility index (Phi) is 3.43. The maximum Gasteiger partial charge on any atom is 0.162 e. The van der Waals surface area contributed by atoms with E-state index in [0.717, 1.165) is 6.07 Å². The zero-order valence-corrected chi connectivity index (χ0v) is 10.2. The average molecular weight is 256 g/mol. The molecule has 0 saturated carbocycles. The summed E-state index contributed by atoms with van der Waals surface area (Å²) in [5.74, 6) is 0.793. The van der Waals surface area contributed by atoms with Crippen LogP contribution < -0.4 is 0 Å². The van der Waals surface area contributed by atoms with Crippen LogP contribution in [0.25, 0.3) is 11.1 Å². The van der Waals surface area contributed by atoms with Crippen LogP contribution in [0.15, 0.2) is 36.4 Å². The van der Waals surface area contributed by atoms with E-state index in [2.05, 4.69) is 5.92 Å². The lowest BCUT2D eigenvalue weighted by Crippen LogP contribution is -1.99. The number of rotatable bonds is 2. The largest absolute Gasteiger partial charge is 0.294 e. The van der Waals surface area contributed by atoms with Crippen molar-refractivity contribution in [3.8, 4) is 23.5 Å². The molecule has 0 aliphatic rings. The van der Waals surface area contributed by atoms with Crippen molar-refractivity contribution >= 4 is 5.78 Å². The van der Waals surface area contributed by atoms with Gasteiger partial charge in [0.05, 0.1) is 5.56 Å². The van der Waals surface area contributed by atoms with Gasteiger partial charge in [-0.2, -0.15) is 0 Å². The molecule has 0 radical (unpaired) electrons. The van der Waals surface area contributed by atoms with Gasteiger partial charge >= 0.3 is 0 Å². The zero-order valence-electron chi connectivity index (χ0n) is 10.2. The molecule has 0 aromatic heterocycles. The molecule has 0 aliphatic carbocycles. The van der Waals surface area contributed by atoms with Crippen LogP contribution in [0.3, 0.4) is 0 Å². The molecule has 2 aromatic rings. The van der Waals surface area contributed by atoms with Crippen LogP contribution in [0.1, 0.15) is 22.8 Å². The highest BCUT2D eigenvalue weighted by atomic mass is 19.1. The van der Waals surface area contributed by atoms with Gasteiger partial charge in [-0.05, 0) is 31.2 Å². The maximum absolute atomic E-state index is 14.2. The molecule has 3 heteroatoms. The molecule has 0 unspecified atom stereocenters. The summed E-state index contributed by atoms with van der Waals surface area (Å²) in [6, 6.07) is 8.18. The molecule has 2 aromatic carbocycles. The molecule has 1 nitrogen and oxygen atoms in total. The summed E-state index contributed by atoms with van der Waals surface area (Å²) in [4.78, 5) is 11.3. The molecule has 2 rings (SSSR count). The first-order valence-electron chi connectivity index (χ1n) is 5.60. The number of carbonyl (C=O) groups excluding carboxylic acids is 1. The lowest BCUT2D eigenvalue weighted by atomic mass is 9.96. The SMILES string of the molecule is C#Cc1ccc(F)cc1-c1cccc(C(C)=O)c1F. The lowest BCUT2D eigenvalue weighted by molar-refractivity contribution is 0.101. The molecular formula is C16H10F2O. The van der Waals surface area contributed by atoms with Crippen LogP contribution in [0.5, 0.6) is 0 Å². The number of terminal acetylenes is 1. The Labute approximate surface area is 109 Å². The Morgan fingerprint density at radius 2 is 1.89 bits per heavy atom. The normalized spacial score (nSPS) is 10.0. The molecule has 0 amide bonds. The minimum Gasteiger partial charge on any atom is -0.294 e. The smallest absolute Gasteiger partial charge is 0.162 e. The molecule has 94 valence electrons. The highest BCUT2D eigenvalue weighted by Crippen LogP contribution is 2.28. The van der Waals surface area contributed by atoms with Crippen molar-refractivity contribution in [2.24, 2.45) is 0 Å². The standard InChI is InChI=1S/C16H10F2O/c1-3-11-7-8-12(17)9-15(11)14-6-4-5-13(10(2)19)16(14)18/h1,4-9H,2H3. The molecule has 0 N–H and O–H groups in total. The molecule has 0 fully saturated rings. The Morgan fingerprint density at radius 1 is 1.16 bits per heavy atom. The van der Waals surface area contributed by atoms with Gasteiger partial charge in [-0.15, -0.1) is 6.42 Å². The Morgan fingerprint density at radius 3 is 2.53 bits per heavy atom. The quantitative estimate of drug-likeness (QED) is 0.589. The fraction of sp³-hybridized carbons (Fsp3) is 0.0625. The van der Waals surface area contributed by atoms with Crippen molar-refractivity contribution < 1.29 is 13.6 Å². The molecule has 0 saturated heterocycles. The minimum absolute atomic E-state index is 0.0373. The van der Waals surface area contributed by atoms with E-state index in [1.165, 1.54) is 31.2 Å². The van der Waals surface area contributed by atoms with Crippen molar-refractivity contribution in [2.45, 2.75) is 6.92 Å². The third-order valence-electron chi connectivity index (χ3n) is 2.81. The summed E-state index contributed by atoms with van der Waals surface area (Å²) in [5.41, 5.74) is 0.731. The average Bonchev–Trinajstić information content (AvgIpc) is 2.38. The van der Waals surface area contributed by atoms with E-state index < -0.39 is 17.4 Å². The van der Waals surface area contributed by atoms with Gasteiger partial charge in [0.1, 0.15) is 11.6 Å². The molecule has 19 heavy (non-hydrogen) atoms. The minimum atomic E-state index is -0.683. The predicted octanol–water partition coefficient (Wildman–Crippen LogP) is 3.82. The van der Waals surface area contributed by atoms with Crippen LogP contribution in [0.2, 0.25) is 0 Å². The molecule has 0 atom stereocenters. The number of benzene rings is 2. The number of halogens is 2. The predicted molar refractivity (Wildman–Crippen MR) is 69.7 cm³/mol.